The van der Waals surface area contributed by atoms with E-state index in [0.29, 0.717) is 38.4 Å². The van der Waals surface area contributed by atoms with Crippen LogP contribution in [0, 0.1) is 11.8 Å². The molecule has 1 aromatic carbocycles. The number of fused-ring (bicyclic) bond motifs is 3. The molecule has 11 heteroatoms. The van der Waals surface area contributed by atoms with Gasteiger partial charge in [0.15, 0.2) is 11.4 Å². The molecule has 0 bridgehead atoms. The molecule has 0 spiro atoms. The van der Waals surface area contributed by atoms with Crippen LogP contribution in [0.25, 0.3) is 5.76 Å². The molecule has 36 heavy (non-hydrogen) atoms. The molecule has 7 N–H and O–H groups in total. The van der Waals surface area contributed by atoms with Crippen molar-refractivity contribution < 1.29 is 39.5 Å². The lowest BCUT2D eigenvalue weighted by atomic mass is 9.57. The number of nitrogens with zero attached hydrogens (tertiary/aromatic N) is 1. The van der Waals surface area contributed by atoms with Crippen molar-refractivity contribution in [3.05, 3.63) is 40.2 Å². The molecule has 0 radical (unpaired) electrons. The zero-order valence-corrected chi connectivity index (χ0v) is 19.8. The first kappa shape index (κ1) is 24.3. The molecule has 1 saturated heterocycles. The summed E-state index contributed by atoms with van der Waals surface area (Å²) in [5.74, 6) is -6.59. The van der Waals surface area contributed by atoms with Crippen molar-refractivity contribution in [3.63, 3.8) is 0 Å². The van der Waals surface area contributed by atoms with Crippen LogP contribution in [0.15, 0.2) is 29.0 Å². The topological polar surface area (TPSA) is 183 Å². The Morgan fingerprint density at radius 2 is 1.92 bits per heavy atom. The number of aliphatic hydroxyl groups is 3. The number of phenolic OH excluding ortho intramolecular Hbond substituents is 1. The summed E-state index contributed by atoms with van der Waals surface area (Å²) in [6, 6.07) is 2.06. The number of likely N-dealkylation sites (N-methyl/N-ethyl adjacent to an activating group) is 1. The molecule has 3 aliphatic carbocycles. The second-order valence-electron chi connectivity index (χ2n) is 9.65. The van der Waals surface area contributed by atoms with Crippen LogP contribution in [0.1, 0.15) is 24.5 Å². The molecule has 1 amide bonds. The number of ketones is 2. The maximum atomic E-state index is 13.8. The van der Waals surface area contributed by atoms with E-state index >= 15 is 0 Å². The van der Waals surface area contributed by atoms with E-state index in [2.05, 4.69) is 10.2 Å². The third-order valence-electron chi connectivity index (χ3n) is 7.83. The second kappa shape index (κ2) is 8.61. The fourth-order valence-electron chi connectivity index (χ4n) is 6.22. The Kier molecular flexibility index (Phi) is 5.81. The first-order chi connectivity index (χ1) is 17.1. The lowest BCUT2D eigenvalue weighted by Gasteiger charge is -2.49. The molecule has 2 fully saturated rings. The zero-order chi connectivity index (χ0) is 25.9. The number of carbonyl (C=O) groups is 3. The highest BCUT2D eigenvalue weighted by atomic mass is 16.5. The zero-order valence-electron chi connectivity index (χ0n) is 19.8. The first-order valence-corrected chi connectivity index (χ1v) is 12.0. The number of ether oxygens (including phenoxy) is 1. The quantitative estimate of drug-likeness (QED) is 0.305. The van der Waals surface area contributed by atoms with E-state index in [1.54, 1.807) is 13.0 Å². The van der Waals surface area contributed by atoms with Crippen molar-refractivity contribution in [1.29, 1.82) is 0 Å². The number of hydrogen-bond acceptors (Lipinski definition) is 10. The summed E-state index contributed by atoms with van der Waals surface area (Å²) in [4.78, 5) is 41.0. The third kappa shape index (κ3) is 3.26. The lowest BCUT2D eigenvalue weighted by molar-refractivity contribution is -0.150. The summed E-state index contributed by atoms with van der Waals surface area (Å²) < 4.78 is 5.44. The predicted octanol–water partition coefficient (Wildman–Crippen LogP) is -0.151. The minimum atomic E-state index is -2.64. The average molecular weight is 500 g/mol. The van der Waals surface area contributed by atoms with E-state index in [-0.39, 0.29) is 29.7 Å². The van der Waals surface area contributed by atoms with Gasteiger partial charge in [-0.2, -0.15) is 0 Å². The van der Waals surface area contributed by atoms with Crippen LogP contribution in [-0.4, -0.2) is 82.4 Å². The lowest BCUT2D eigenvalue weighted by Crippen LogP contribution is -2.66. The molecule has 0 aromatic heterocycles. The number of nitrogens with one attached hydrogen (secondary N) is 1. The standard InChI is InChI=1S/C25H29N3O8/c1-2-27-19-13-10-11-9-12-14(28-5-7-36-8-6-28)3-4-15(29)17(12)20(30)16(11)22(32)25(13,35)23(33)18(21(19)31)24(26)34/h3-4,11,13,19,27,29-30,33,35H,2,5-10H2,1H3,(H2,26,34)/t11-,13-,19+,25-/m0/s1. The van der Waals surface area contributed by atoms with Crippen LogP contribution in [0.3, 0.4) is 0 Å². The van der Waals surface area contributed by atoms with E-state index in [0.717, 1.165) is 5.69 Å². The Balaban J connectivity index is 1.69. The summed E-state index contributed by atoms with van der Waals surface area (Å²) in [6.07, 6.45) is 0.313. The molecule has 1 heterocycles. The van der Waals surface area contributed by atoms with Gasteiger partial charge in [0.05, 0.1) is 24.8 Å². The Hall–Kier alpha value is -3.41. The van der Waals surface area contributed by atoms with Crippen LogP contribution in [0.5, 0.6) is 5.75 Å². The maximum Gasteiger partial charge on any atom is 0.255 e. The number of aliphatic hydroxyl groups excluding tert-OH is 2. The van der Waals surface area contributed by atoms with E-state index in [1.807, 2.05) is 0 Å². The number of anilines is 1. The molecule has 1 aromatic rings. The highest BCUT2D eigenvalue weighted by Crippen LogP contribution is 2.53. The fourth-order valence-corrected chi connectivity index (χ4v) is 6.22. The molecule has 4 aliphatic rings. The number of morpholine rings is 1. The smallest absolute Gasteiger partial charge is 0.255 e. The van der Waals surface area contributed by atoms with Crippen LogP contribution in [-0.2, 0) is 25.5 Å². The minimum Gasteiger partial charge on any atom is -0.508 e. The highest BCUT2D eigenvalue weighted by Gasteiger charge is 2.63. The van der Waals surface area contributed by atoms with Gasteiger partial charge in [0.25, 0.3) is 5.91 Å². The van der Waals surface area contributed by atoms with Crippen molar-refractivity contribution in [2.75, 3.05) is 37.7 Å². The number of benzene rings is 1. The summed E-state index contributed by atoms with van der Waals surface area (Å²) in [5, 5.41) is 47.3. The fraction of sp³-hybridized carbons (Fsp3) is 0.480. The Morgan fingerprint density at radius 1 is 1.22 bits per heavy atom. The molecule has 1 aliphatic heterocycles. The number of rotatable bonds is 4. The van der Waals surface area contributed by atoms with E-state index in [9.17, 15) is 34.8 Å². The van der Waals surface area contributed by atoms with Gasteiger partial charge in [0.1, 0.15) is 22.8 Å². The van der Waals surface area contributed by atoms with E-state index in [4.69, 9.17) is 10.5 Å². The number of primary amides is 1. The predicted molar refractivity (Wildman–Crippen MR) is 127 cm³/mol. The van der Waals surface area contributed by atoms with Crippen LogP contribution in [0.4, 0.5) is 5.69 Å². The maximum absolute atomic E-state index is 13.8. The second-order valence-corrected chi connectivity index (χ2v) is 9.65. The normalized spacial score (nSPS) is 30.2. The number of hydrogen-bond donors (Lipinski definition) is 6. The van der Waals surface area contributed by atoms with E-state index < -0.39 is 58.0 Å². The minimum absolute atomic E-state index is 0.0544. The SMILES string of the molecule is CCN[C@H]1C(=O)C(C(N)=O)=C(O)[C@@]2(O)C(=O)C3=C(O)c4c(O)ccc(N5CCOCC5)c4C[C@H]3C[C@@H]12. The number of aromatic hydroxyl groups is 1. The molecular weight excluding hydrogens is 470 g/mol. The van der Waals surface area contributed by atoms with Crippen LogP contribution < -0.4 is 16.0 Å². The Labute approximate surface area is 206 Å². The van der Waals surface area contributed by atoms with Gasteiger partial charge in [-0.05, 0) is 43.0 Å². The average Bonchev–Trinajstić information content (AvgIpc) is 2.84. The third-order valence-corrected chi connectivity index (χ3v) is 7.83. The highest BCUT2D eigenvalue weighted by molar-refractivity contribution is 6.24. The summed E-state index contributed by atoms with van der Waals surface area (Å²) in [7, 11) is 0. The van der Waals surface area contributed by atoms with E-state index in [1.165, 1.54) is 6.07 Å². The molecule has 4 atom stereocenters. The van der Waals surface area contributed by atoms with Gasteiger partial charge in [0.2, 0.25) is 5.78 Å². The Bertz CT molecular complexity index is 1230. The monoisotopic (exact) mass is 499 g/mol. The van der Waals surface area contributed by atoms with Crippen molar-refractivity contribution in [2.45, 2.75) is 31.4 Å². The largest absolute Gasteiger partial charge is 0.508 e. The van der Waals surface area contributed by atoms with Crippen molar-refractivity contribution in [3.8, 4) is 5.75 Å². The molecular formula is C25H29N3O8. The van der Waals surface area contributed by atoms with Crippen molar-refractivity contribution in [2.24, 2.45) is 17.6 Å². The summed E-state index contributed by atoms with van der Waals surface area (Å²) in [5.41, 5.74) is 3.24. The van der Waals surface area contributed by atoms with Crippen molar-refractivity contribution in [1.82, 2.24) is 5.32 Å². The summed E-state index contributed by atoms with van der Waals surface area (Å²) >= 11 is 0. The van der Waals surface area contributed by atoms with Crippen molar-refractivity contribution >= 4 is 28.9 Å². The molecule has 0 unspecified atom stereocenters. The Morgan fingerprint density at radius 3 is 2.56 bits per heavy atom. The molecule has 1 saturated carbocycles. The number of amides is 1. The first-order valence-electron chi connectivity index (χ1n) is 12.0. The van der Waals surface area contributed by atoms with Crippen LogP contribution in [0.2, 0.25) is 0 Å². The van der Waals surface area contributed by atoms with Gasteiger partial charge in [0, 0.05) is 30.3 Å². The van der Waals surface area contributed by atoms with Gasteiger partial charge in [-0.15, -0.1) is 0 Å². The number of nitrogens with two attached hydrogens (primary N) is 1. The number of carbonyl (C=O) groups excluding carboxylic acids is 3. The number of Topliss-reactive ketones (excluding diaryl/α,β-unsaturated/α-hetero) is 2. The number of phenols is 1. The molecule has 11 nitrogen and oxygen atoms in total. The molecule has 5 rings (SSSR count). The molecule has 192 valence electrons. The van der Waals surface area contributed by atoms with Gasteiger partial charge in [-0.25, -0.2) is 0 Å². The van der Waals surface area contributed by atoms with Gasteiger partial charge in [-0.1, -0.05) is 6.92 Å². The van der Waals surface area contributed by atoms with Gasteiger partial charge >= 0.3 is 0 Å². The van der Waals surface area contributed by atoms with Crippen LogP contribution >= 0.6 is 0 Å². The van der Waals surface area contributed by atoms with Gasteiger partial charge < -0.3 is 41.1 Å². The van der Waals surface area contributed by atoms with Gasteiger partial charge in [-0.3, -0.25) is 14.4 Å². The summed E-state index contributed by atoms with van der Waals surface area (Å²) in [6.45, 7) is 4.31.